The summed E-state index contributed by atoms with van der Waals surface area (Å²) in [7, 11) is -4.19. The summed E-state index contributed by atoms with van der Waals surface area (Å²) in [5.74, 6) is -1.94. The van der Waals surface area contributed by atoms with Gasteiger partial charge in [-0.25, -0.2) is 9.96 Å². The molecule has 2 aliphatic heterocycles. The lowest BCUT2D eigenvalue weighted by molar-refractivity contribution is -0.126. The molecule has 196 valence electrons. The van der Waals surface area contributed by atoms with Gasteiger partial charge in [-0.05, 0) is 54.6 Å². The van der Waals surface area contributed by atoms with Gasteiger partial charge in [-0.3, -0.25) is 14.4 Å². The first-order valence-corrected chi connectivity index (χ1v) is 13.9. The van der Waals surface area contributed by atoms with E-state index in [0.717, 1.165) is 4.90 Å². The van der Waals surface area contributed by atoms with Gasteiger partial charge in [0.1, 0.15) is 16.6 Å². The molecular weight excluding hydrogens is 540 g/mol. The van der Waals surface area contributed by atoms with Gasteiger partial charge in [-0.15, -0.1) is 0 Å². The summed E-state index contributed by atoms with van der Waals surface area (Å²) >= 11 is 6.01. The van der Waals surface area contributed by atoms with E-state index in [0.29, 0.717) is 22.0 Å². The maximum atomic E-state index is 13.9. The summed E-state index contributed by atoms with van der Waals surface area (Å²) < 4.78 is 31.9. The standard InChI is InChI=1S/C29H21ClN2O6S/c30-19-15-17-20(18-16-19)31-28(33)25-26(32(37-27(25)29(31)34)21-9-3-1-4-10-21)23-13-7-8-14-24(23)38-39(35,36)22-11-5-2-6-12-22/h1-18,25-27H/t25-,26-,27-/m1/s1. The Bertz CT molecular complexity index is 1650. The Morgan fingerprint density at radius 3 is 2.03 bits per heavy atom. The number of carbonyl (C=O) groups is 2. The third-order valence-electron chi connectivity index (χ3n) is 6.68. The van der Waals surface area contributed by atoms with E-state index >= 15 is 0 Å². The lowest BCUT2D eigenvalue weighted by Crippen LogP contribution is -2.37. The Morgan fingerprint density at radius 1 is 0.718 bits per heavy atom. The van der Waals surface area contributed by atoms with Crippen molar-refractivity contribution in [2.45, 2.75) is 17.0 Å². The SMILES string of the molecule is O=C1[C@@H]2[C@@H](c3ccccc3OS(=O)(=O)c3ccccc3)N(c3ccccc3)O[C@H]2C(=O)N1c1ccc(Cl)cc1. The van der Waals surface area contributed by atoms with Crippen molar-refractivity contribution >= 4 is 44.9 Å². The first kappa shape index (κ1) is 25.1. The second-order valence-corrected chi connectivity index (χ2v) is 11.0. The summed E-state index contributed by atoms with van der Waals surface area (Å²) in [6.45, 7) is 0. The van der Waals surface area contributed by atoms with Crippen molar-refractivity contribution in [2.75, 3.05) is 9.96 Å². The lowest BCUT2D eigenvalue weighted by Gasteiger charge is -2.29. The second kappa shape index (κ2) is 9.85. The van der Waals surface area contributed by atoms with Crippen molar-refractivity contribution in [3.8, 4) is 5.75 Å². The fourth-order valence-electron chi connectivity index (χ4n) is 4.93. The molecule has 0 N–H and O–H groups in total. The maximum absolute atomic E-state index is 13.9. The van der Waals surface area contributed by atoms with Crippen LogP contribution in [0.4, 0.5) is 11.4 Å². The molecule has 0 saturated carbocycles. The highest BCUT2D eigenvalue weighted by molar-refractivity contribution is 7.87. The van der Waals surface area contributed by atoms with E-state index in [1.807, 2.05) is 6.07 Å². The predicted molar refractivity (Wildman–Crippen MR) is 145 cm³/mol. The highest BCUT2D eigenvalue weighted by atomic mass is 35.5. The van der Waals surface area contributed by atoms with Gasteiger partial charge in [0, 0.05) is 10.6 Å². The molecule has 4 aromatic carbocycles. The van der Waals surface area contributed by atoms with Crippen LogP contribution in [0, 0.1) is 5.92 Å². The first-order valence-electron chi connectivity index (χ1n) is 12.1. The summed E-state index contributed by atoms with van der Waals surface area (Å²) in [6, 6.07) is 28.8. The molecule has 6 rings (SSSR count). The topological polar surface area (TPSA) is 93.2 Å². The number of hydrogen-bond donors (Lipinski definition) is 0. The third-order valence-corrected chi connectivity index (χ3v) is 8.18. The summed E-state index contributed by atoms with van der Waals surface area (Å²) in [6.07, 6.45) is -1.13. The van der Waals surface area contributed by atoms with Gasteiger partial charge in [0.15, 0.2) is 6.10 Å². The average Bonchev–Trinajstić information content (AvgIpc) is 3.46. The summed E-state index contributed by atoms with van der Waals surface area (Å²) in [5, 5.41) is 1.95. The van der Waals surface area contributed by atoms with Crippen LogP contribution in [-0.2, 0) is 24.5 Å². The Labute approximate surface area is 230 Å². The minimum Gasteiger partial charge on any atom is -0.379 e. The highest BCUT2D eigenvalue weighted by Crippen LogP contribution is 2.49. The molecule has 0 aromatic heterocycles. The predicted octanol–water partition coefficient (Wildman–Crippen LogP) is 5.16. The third kappa shape index (κ3) is 4.44. The number of hydrogen-bond acceptors (Lipinski definition) is 7. The Morgan fingerprint density at radius 2 is 1.33 bits per heavy atom. The van der Waals surface area contributed by atoms with Gasteiger partial charge in [-0.1, -0.05) is 66.2 Å². The number of nitrogens with zero attached hydrogens (tertiary/aromatic N) is 2. The minimum atomic E-state index is -4.19. The summed E-state index contributed by atoms with van der Waals surface area (Å²) in [4.78, 5) is 34.6. The quantitative estimate of drug-likeness (QED) is 0.237. The van der Waals surface area contributed by atoms with Crippen LogP contribution in [0.25, 0.3) is 0 Å². The van der Waals surface area contributed by atoms with E-state index < -0.39 is 40.0 Å². The van der Waals surface area contributed by atoms with E-state index in [-0.39, 0.29) is 10.6 Å². The van der Waals surface area contributed by atoms with Gasteiger partial charge in [0.05, 0.1) is 17.4 Å². The van der Waals surface area contributed by atoms with Crippen LogP contribution in [0.1, 0.15) is 11.6 Å². The maximum Gasteiger partial charge on any atom is 0.339 e. The van der Waals surface area contributed by atoms with Crippen molar-refractivity contribution in [3.63, 3.8) is 0 Å². The average molecular weight is 561 g/mol. The zero-order valence-electron chi connectivity index (χ0n) is 20.3. The van der Waals surface area contributed by atoms with E-state index in [1.165, 1.54) is 23.3 Å². The number of para-hydroxylation sites is 2. The fourth-order valence-corrected chi connectivity index (χ4v) is 6.03. The van der Waals surface area contributed by atoms with Crippen molar-refractivity contribution in [3.05, 3.63) is 120 Å². The monoisotopic (exact) mass is 560 g/mol. The van der Waals surface area contributed by atoms with Crippen LogP contribution < -0.4 is 14.1 Å². The Hall–Kier alpha value is -4.18. The van der Waals surface area contributed by atoms with Crippen molar-refractivity contribution in [1.29, 1.82) is 0 Å². The van der Waals surface area contributed by atoms with Crippen LogP contribution in [0.2, 0.25) is 5.02 Å². The largest absolute Gasteiger partial charge is 0.379 e. The zero-order chi connectivity index (χ0) is 27.1. The molecule has 10 heteroatoms. The van der Waals surface area contributed by atoms with Gasteiger partial charge in [-0.2, -0.15) is 8.42 Å². The Balaban J connectivity index is 1.44. The molecule has 2 fully saturated rings. The van der Waals surface area contributed by atoms with Crippen LogP contribution in [0.15, 0.2) is 114 Å². The fraction of sp³-hybridized carbons (Fsp3) is 0.103. The molecule has 2 heterocycles. The van der Waals surface area contributed by atoms with Gasteiger partial charge in [0.25, 0.3) is 5.91 Å². The van der Waals surface area contributed by atoms with E-state index in [2.05, 4.69) is 0 Å². The molecule has 3 atom stereocenters. The van der Waals surface area contributed by atoms with Gasteiger partial charge >= 0.3 is 10.1 Å². The summed E-state index contributed by atoms with van der Waals surface area (Å²) in [5.41, 5.74) is 1.34. The molecule has 2 saturated heterocycles. The number of amides is 2. The van der Waals surface area contributed by atoms with Crippen molar-refractivity contribution < 1.29 is 27.0 Å². The normalized spacial score (nSPS) is 20.8. The number of benzene rings is 4. The van der Waals surface area contributed by atoms with Gasteiger partial charge in [0.2, 0.25) is 5.91 Å². The molecule has 0 radical (unpaired) electrons. The number of hydroxylamine groups is 1. The van der Waals surface area contributed by atoms with Crippen molar-refractivity contribution in [2.24, 2.45) is 5.92 Å². The Kier molecular flexibility index (Phi) is 6.34. The molecule has 2 amide bonds. The molecule has 0 unspecified atom stereocenters. The van der Waals surface area contributed by atoms with Crippen LogP contribution in [0.3, 0.4) is 0 Å². The molecule has 0 bridgehead atoms. The number of halogens is 1. The van der Waals surface area contributed by atoms with E-state index in [4.69, 9.17) is 20.6 Å². The number of imide groups is 1. The number of carbonyl (C=O) groups excluding carboxylic acids is 2. The molecule has 8 nitrogen and oxygen atoms in total. The molecule has 2 aliphatic rings. The zero-order valence-corrected chi connectivity index (χ0v) is 21.8. The molecule has 0 spiro atoms. The first-order chi connectivity index (χ1) is 18.8. The minimum absolute atomic E-state index is 0.0127. The van der Waals surface area contributed by atoms with Gasteiger partial charge < -0.3 is 4.18 Å². The highest BCUT2D eigenvalue weighted by Gasteiger charge is 2.60. The smallest absolute Gasteiger partial charge is 0.339 e. The van der Waals surface area contributed by atoms with E-state index in [1.54, 1.807) is 84.9 Å². The number of anilines is 2. The van der Waals surface area contributed by atoms with Crippen LogP contribution in [0.5, 0.6) is 5.75 Å². The lowest BCUT2D eigenvalue weighted by atomic mass is 9.90. The van der Waals surface area contributed by atoms with Crippen LogP contribution in [-0.4, -0.2) is 26.3 Å². The molecular formula is C29H21ClN2O6S. The van der Waals surface area contributed by atoms with E-state index in [9.17, 15) is 18.0 Å². The van der Waals surface area contributed by atoms with Crippen molar-refractivity contribution in [1.82, 2.24) is 0 Å². The number of rotatable bonds is 6. The molecule has 39 heavy (non-hydrogen) atoms. The second-order valence-electron chi connectivity index (χ2n) is 9.03. The molecule has 0 aliphatic carbocycles. The van der Waals surface area contributed by atoms with Crippen LogP contribution >= 0.6 is 11.6 Å². The number of fused-ring (bicyclic) bond motifs is 1. The molecule has 4 aromatic rings.